The molecule has 2 atom stereocenters. The van der Waals surface area contributed by atoms with Crippen molar-refractivity contribution in [3.8, 4) is 0 Å². The van der Waals surface area contributed by atoms with Crippen LogP contribution in [-0.2, 0) is 19.1 Å². The number of ether oxygens (including phenoxy) is 2. The fourth-order valence-electron chi connectivity index (χ4n) is 4.05. The number of esters is 2. The molecule has 0 rings (SSSR count). The molecule has 0 N–H and O–H groups in total. The van der Waals surface area contributed by atoms with E-state index in [-0.39, 0.29) is 17.9 Å². The predicted molar refractivity (Wildman–Crippen MR) is 116 cm³/mol. The minimum atomic E-state index is -0.0651. The first-order valence-corrected chi connectivity index (χ1v) is 11.7. The van der Waals surface area contributed by atoms with E-state index >= 15 is 0 Å². The van der Waals surface area contributed by atoms with Crippen LogP contribution in [0.1, 0.15) is 106 Å². The molecule has 28 heavy (non-hydrogen) atoms. The average molecular weight is 399 g/mol. The van der Waals surface area contributed by atoms with E-state index in [1.54, 1.807) is 0 Å². The molecule has 0 aromatic carbocycles. The van der Waals surface area contributed by atoms with Crippen molar-refractivity contribution in [3.05, 3.63) is 0 Å². The van der Waals surface area contributed by atoms with Gasteiger partial charge < -0.3 is 9.47 Å². The van der Waals surface area contributed by atoms with Crippen LogP contribution < -0.4 is 0 Å². The first-order chi connectivity index (χ1) is 13.3. The second kappa shape index (κ2) is 16.9. The molecule has 2 unspecified atom stereocenters. The molecule has 0 aromatic heterocycles. The summed E-state index contributed by atoms with van der Waals surface area (Å²) in [4.78, 5) is 23.7. The van der Waals surface area contributed by atoms with Gasteiger partial charge in [0.1, 0.15) is 0 Å². The number of carbonyl (C=O) groups is 2. The summed E-state index contributed by atoms with van der Waals surface area (Å²) in [6.07, 6.45) is 11.1. The van der Waals surface area contributed by atoms with E-state index in [4.69, 9.17) is 9.47 Å². The molecule has 0 aliphatic carbocycles. The zero-order valence-corrected chi connectivity index (χ0v) is 19.4. The third-order valence-electron chi connectivity index (χ3n) is 5.57. The first kappa shape index (κ1) is 26.9. The summed E-state index contributed by atoms with van der Waals surface area (Å²) in [5.74, 6) is 1.15. The highest BCUT2D eigenvalue weighted by Crippen LogP contribution is 2.33. The van der Waals surface area contributed by atoms with Gasteiger partial charge in [-0.05, 0) is 44.4 Å². The lowest BCUT2D eigenvalue weighted by atomic mass is 9.74. The highest BCUT2D eigenvalue weighted by atomic mass is 16.5. The second-order valence-corrected chi connectivity index (χ2v) is 8.60. The van der Waals surface area contributed by atoms with Crippen LogP contribution >= 0.6 is 0 Å². The van der Waals surface area contributed by atoms with Crippen LogP contribution in [0.25, 0.3) is 0 Å². The molecule has 166 valence electrons. The Morgan fingerprint density at radius 3 is 1.64 bits per heavy atom. The maximum Gasteiger partial charge on any atom is 0.309 e. The van der Waals surface area contributed by atoms with Crippen molar-refractivity contribution in [2.24, 2.45) is 23.7 Å². The maximum absolute atomic E-state index is 12.4. The van der Waals surface area contributed by atoms with Crippen molar-refractivity contribution in [2.45, 2.75) is 106 Å². The molecule has 0 saturated heterocycles. The molecule has 0 aromatic rings. The molecular formula is C24H46O4. The van der Waals surface area contributed by atoms with Gasteiger partial charge in [-0.1, -0.05) is 72.6 Å². The van der Waals surface area contributed by atoms with Crippen molar-refractivity contribution >= 4 is 11.9 Å². The number of hydrogen-bond donors (Lipinski definition) is 0. The molecule has 0 heterocycles. The Balaban J connectivity index is 3.98. The summed E-state index contributed by atoms with van der Waals surface area (Å²) < 4.78 is 10.3. The molecule has 0 bridgehead atoms. The topological polar surface area (TPSA) is 52.6 Å². The van der Waals surface area contributed by atoms with Crippen LogP contribution in [0.3, 0.4) is 0 Å². The summed E-state index contributed by atoms with van der Waals surface area (Å²) in [5.41, 5.74) is 0. The van der Waals surface area contributed by atoms with E-state index in [2.05, 4.69) is 27.7 Å². The number of carbonyl (C=O) groups excluding carboxylic acids is 2. The molecule has 0 aliphatic heterocycles. The van der Waals surface area contributed by atoms with Gasteiger partial charge in [0, 0.05) is 6.42 Å². The summed E-state index contributed by atoms with van der Waals surface area (Å²) in [5, 5.41) is 0. The van der Waals surface area contributed by atoms with Crippen LogP contribution in [0.4, 0.5) is 0 Å². The van der Waals surface area contributed by atoms with Gasteiger partial charge in [0.25, 0.3) is 0 Å². The predicted octanol–water partition coefficient (Wildman–Crippen LogP) is 6.56. The van der Waals surface area contributed by atoms with Gasteiger partial charge in [0.05, 0.1) is 19.1 Å². The van der Waals surface area contributed by atoms with E-state index < -0.39 is 0 Å². The van der Waals surface area contributed by atoms with Gasteiger partial charge in [0.2, 0.25) is 0 Å². The molecule has 0 aliphatic rings. The highest BCUT2D eigenvalue weighted by molar-refractivity contribution is 5.73. The zero-order chi connectivity index (χ0) is 21.4. The highest BCUT2D eigenvalue weighted by Gasteiger charge is 2.33. The Bertz CT molecular complexity index is 403. The molecule has 0 spiro atoms. The summed E-state index contributed by atoms with van der Waals surface area (Å²) in [6, 6.07) is 0. The summed E-state index contributed by atoms with van der Waals surface area (Å²) >= 11 is 0. The van der Waals surface area contributed by atoms with E-state index in [9.17, 15) is 9.59 Å². The van der Waals surface area contributed by atoms with Crippen molar-refractivity contribution in [1.82, 2.24) is 0 Å². The first-order valence-electron chi connectivity index (χ1n) is 11.7. The lowest BCUT2D eigenvalue weighted by Crippen LogP contribution is -2.33. The molecule has 0 radical (unpaired) electrons. The number of unbranched alkanes of at least 4 members (excludes halogenated alkanes) is 7. The fraction of sp³-hybridized carbons (Fsp3) is 0.917. The fourth-order valence-corrected chi connectivity index (χ4v) is 4.05. The van der Waals surface area contributed by atoms with Crippen LogP contribution in [0.5, 0.6) is 0 Å². The van der Waals surface area contributed by atoms with Gasteiger partial charge >= 0.3 is 11.9 Å². The van der Waals surface area contributed by atoms with Crippen LogP contribution in [-0.4, -0.2) is 25.2 Å². The Morgan fingerprint density at radius 1 is 0.679 bits per heavy atom. The van der Waals surface area contributed by atoms with E-state index in [1.165, 1.54) is 38.5 Å². The smallest absolute Gasteiger partial charge is 0.309 e. The largest absolute Gasteiger partial charge is 0.466 e. The summed E-state index contributed by atoms with van der Waals surface area (Å²) in [7, 11) is 0. The number of hydrogen-bond acceptors (Lipinski definition) is 4. The van der Waals surface area contributed by atoms with E-state index in [0.29, 0.717) is 37.4 Å². The van der Waals surface area contributed by atoms with Gasteiger partial charge in [-0.25, -0.2) is 0 Å². The molecule has 4 nitrogen and oxygen atoms in total. The van der Waals surface area contributed by atoms with Crippen molar-refractivity contribution in [2.75, 3.05) is 13.2 Å². The normalized spacial score (nSPS) is 13.6. The third-order valence-corrected chi connectivity index (χ3v) is 5.57. The molecule has 0 saturated carbocycles. The van der Waals surface area contributed by atoms with Crippen molar-refractivity contribution in [1.29, 1.82) is 0 Å². The molecular weight excluding hydrogens is 352 g/mol. The minimum absolute atomic E-state index is 0.0133. The minimum Gasteiger partial charge on any atom is -0.466 e. The average Bonchev–Trinajstić information content (AvgIpc) is 2.62. The summed E-state index contributed by atoms with van der Waals surface area (Å²) in [6.45, 7) is 13.4. The van der Waals surface area contributed by atoms with Gasteiger partial charge in [-0.15, -0.1) is 0 Å². The van der Waals surface area contributed by atoms with E-state index in [0.717, 1.165) is 19.3 Å². The Labute approximate surface area is 174 Å². The number of rotatable bonds is 17. The Morgan fingerprint density at radius 2 is 1.18 bits per heavy atom. The monoisotopic (exact) mass is 398 g/mol. The SMILES string of the molecule is CCOC(=O)CCCCCCCCCCC(C(C)C)C(C(=O)OCC)C(C)C. The second-order valence-electron chi connectivity index (χ2n) is 8.60. The van der Waals surface area contributed by atoms with Crippen LogP contribution in [0.2, 0.25) is 0 Å². The molecule has 0 fully saturated rings. The van der Waals surface area contributed by atoms with Crippen LogP contribution in [0.15, 0.2) is 0 Å². The van der Waals surface area contributed by atoms with Crippen molar-refractivity contribution in [3.63, 3.8) is 0 Å². The van der Waals surface area contributed by atoms with E-state index in [1.807, 2.05) is 13.8 Å². The Hall–Kier alpha value is -1.06. The molecule has 4 heteroatoms. The quantitative estimate of drug-likeness (QED) is 0.206. The standard InChI is InChI=1S/C24H46O4/c1-7-27-22(25)18-16-14-12-10-9-11-13-15-17-21(19(3)4)23(20(5)6)24(26)28-8-2/h19-21,23H,7-18H2,1-6H3. The van der Waals surface area contributed by atoms with Gasteiger partial charge in [-0.3, -0.25) is 9.59 Å². The lowest BCUT2D eigenvalue weighted by molar-refractivity contribution is -0.153. The lowest BCUT2D eigenvalue weighted by Gasteiger charge is -2.31. The van der Waals surface area contributed by atoms with Crippen molar-refractivity contribution < 1.29 is 19.1 Å². The maximum atomic E-state index is 12.4. The third kappa shape index (κ3) is 12.4. The molecule has 0 amide bonds. The Kier molecular flexibility index (Phi) is 16.2. The van der Waals surface area contributed by atoms with Gasteiger partial charge in [0.15, 0.2) is 0 Å². The van der Waals surface area contributed by atoms with Gasteiger partial charge in [-0.2, -0.15) is 0 Å². The zero-order valence-electron chi connectivity index (χ0n) is 19.4. The van der Waals surface area contributed by atoms with Crippen LogP contribution in [0, 0.1) is 23.7 Å².